The third-order valence-electron chi connectivity index (χ3n) is 5.21. The summed E-state index contributed by atoms with van der Waals surface area (Å²) in [4.78, 5) is 24.2. The number of aromatic amines is 1. The third kappa shape index (κ3) is 3.79. The number of ether oxygens (including phenoxy) is 4. The molecule has 1 amide bonds. The van der Waals surface area contributed by atoms with E-state index in [9.17, 15) is 9.90 Å². The Morgan fingerprint density at radius 2 is 2.10 bits per heavy atom. The maximum Gasteiger partial charge on any atom is 0.296 e. The second-order valence-corrected chi connectivity index (χ2v) is 7.64. The number of imidazole rings is 1. The lowest BCUT2D eigenvalue weighted by molar-refractivity contribution is 0.00706. The summed E-state index contributed by atoms with van der Waals surface area (Å²) in [5.74, 6) is 0.352. The van der Waals surface area contributed by atoms with Gasteiger partial charge in [-0.05, 0) is 24.3 Å². The van der Waals surface area contributed by atoms with Crippen LogP contribution in [0.5, 0.6) is 11.8 Å². The van der Waals surface area contributed by atoms with E-state index in [1.165, 1.54) is 7.11 Å². The van der Waals surface area contributed by atoms with E-state index in [1.54, 1.807) is 30.3 Å². The zero-order valence-corrected chi connectivity index (χ0v) is 17.1. The van der Waals surface area contributed by atoms with Crippen molar-refractivity contribution in [2.75, 3.05) is 25.6 Å². The zero-order valence-electron chi connectivity index (χ0n) is 16.4. The Bertz CT molecular complexity index is 1140. The van der Waals surface area contributed by atoms with E-state index in [1.807, 2.05) is 0 Å². The first-order valence-electron chi connectivity index (χ1n) is 9.61. The van der Waals surface area contributed by atoms with Crippen molar-refractivity contribution in [3.05, 3.63) is 40.9 Å². The molecule has 2 aliphatic rings. The van der Waals surface area contributed by atoms with Crippen molar-refractivity contribution in [1.29, 1.82) is 0 Å². The summed E-state index contributed by atoms with van der Waals surface area (Å²) >= 11 is 6.30. The molecule has 0 radical (unpaired) electrons. The van der Waals surface area contributed by atoms with E-state index in [0.717, 1.165) is 0 Å². The number of anilines is 1. The number of rotatable bonds is 5. The number of aliphatic hydroxyl groups excluding tert-OH is 1. The third-order valence-corrected chi connectivity index (χ3v) is 5.50. The number of hydrogen-bond acceptors (Lipinski definition) is 8. The van der Waals surface area contributed by atoms with E-state index in [4.69, 9.17) is 30.5 Å². The molecule has 0 spiro atoms. The minimum Gasteiger partial charge on any atom is -0.497 e. The van der Waals surface area contributed by atoms with E-state index < -0.39 is 18.3 Å². The summed E-state index contributed by atoms with van der Waals surface area (Å²) < 4.78 is 22.1. The van der Waals surface area contributed by atoms with E-state index in [-0.39, 0.29) is 42.1 Å². The Kier molecular flexibility index (Phi) is 5.14. The number of benzene rings is 1. The molecular formula is C20H19ClN4O6. The highest BCUT2D eigenvalue weighted by Gasteiger charge is 2.48. The van der Waals surface area contributed by atoms with Gasteiger partial charge in [0, 0.05) is 5.56 Å². The molecular weight excluding hydrogens is 428 g/mol. The largest absolute Gasteiger partial charge is 0.497 e. The lowest BCUT2D eigenvalue weighted by atomic mass is 10.1. The van der Waals surface area contributed by atoms with Crippen LogP contribution < -0.4 is 14.8 Å². The average Bonchev–Trinajstić information content (AvgIpc) is 3.45. The predicted molar refractivity (Wildman–Crippen MR) is 110 cm³/mol. The van der Waals surface area contributed by atoms with Gasteiger partial charge in [-0.3, -0.25) is 4.79 Å². The number of carbonyl (C=O) groups is 1. The van der Waals surface area contributed by atoms with Gasteiger partial charge in [-0.25, -0.2) is 4.98 Å². The number of aliphatic hydroxyl groups is 1. The Morgan fingerprint density at radius 1 is 1.26 bits per heavy atom. The molecule has 0 unspecified atom stereocenters. The van der Waals surface area contributed by atoms with Gasteiger partial charge in [0.05, 0.1) is 30.9 Å². The summed E-state index contributed by atoms with van der Waals surface area (Å²) in [6.45, 7) is 0.488. The highest BCUT2D eigenvalue weighted by Crippen LogP contribution is 2.31. The first-order valence-corrected chi connectivity index (χ1v) is 9.99. The molecule has 31 heavy (non-hydrogen) atoms. The maximum atomic E-state index is 12.6. The average molecular weight is 447 g/mol. The van der Waals surface area contributed by atoms with Gasteiger partial charge in [0.15, 0.2) is 17.6 Å². The second-order valence-electron chi connectivity index (χ2n) is 7.24. The van der Waals surface area contributed by atoms with Gasteiger partial charge >= 0.3 is 0 Å². The number of fused-ring (bicyclic) bond motifs is 2. The molecule has 4 atom stereocenters. The fourth-order valence-electron chi connectivity index (χ4n) is 3.67. The first-order chi connectivity index (χ1) is 15.0. The quantitative estimate of drug-likeness (QED) is 0.541. The van der Waals surface area contributed by atoms with Crippen molar-refractivity contribution >= 4 is 34.5 Å². The van der Waals surface area contributed by atoms with Crippen molar-refractivity contribution < 1.29 is 28.8 Å². The van der Waals surface area contributed by atoms with Crippen LogP contribution in [0.1, 0.15) is 10.4 Å². The first kappa shape index (κ1) is 20.0. The molecule has 2 aromatic heterocycles. The highest BCUT2D eigenvalue weighted by atomic mass is 35.5. The molecule has 1 aromatic carbocycles. The molecule has 0 saturated carbocycles. The second kappa shape index (κ2) is 7.97. The molecule has 2 saturated heterocycles. The fraction of sp³-hybridized carbons (Fsp3) is 0.350. The van der Waals surface area contributed by atoms with Gasteiger partial charge in [-0.1, -0.05) is 17.7 Å². The smallest absolute Gasteiger partial charge is 0.296 e. The number of carbonyl (C=O) groups excluding carboxylic acids is 1. The lowest BCUT2D eigenvalue weighted by Gasteiger charge is -2.15. The summed E-state index contributed by atoms with van der Waals surface area (Å²) in [7, 11) is 1.53. The number of halogens is 1. The standard InChI is InChI=1S/C20H19ClN4O6/c1-28-10-4-2-3-9(5-10)19(27)24-17-11(21)6-12-18(23-17)25-20(22-12)31-14-8-30-15-13(26)7-29-16(14)15/h2-6,13-16,26H,7-8H2,1H3,(H2,22,23,24,25,27)/t13-,14-,15-,16-/m1/s1. The number of pyridine rings is 1. The molecule has 11 heteroatoms. The molecule has 3 aromatic rings. The van der Waals surface area contributed by atoms with Crippen LogP contribution in [0.25, 0.3) is 11.2 Å². The van der Waals surface area contributed by atoms with Crippen molar-refractivity contribution in [2.45, 2.75) is 24.4 Å². The van der Waals surface area contributed by atoms with Crippen LogP contribution in [0.2, 0.25) is 5.02 Å². The van der Waals surface area contributed by atoms with Crippen LogP contribution in [0, 0.1) is 0 Å². The molecule has 0 bridgehead atoms. The highest BCUT2D eigenvalue weighted by molar-refractivity contribution is 6.34. The van der Waals surface area contributed by atoms with Crippen molar-refractivity contribution in [2.24, 2.45) is 0 Å². The van der Waals surface area contributed by atoms with Gasteiger partial charge in [0.1, 0.15) is 24.1 Å². The van der Waals surface area contributed by atoms with Crippen LogP contribution >= 0.6 is 11.6 Å². The van der Waals surface area contributed by atoms with E-state index in [2.05, 4.69) is 20.3 Å². The van der Waals surface area contributed by atoms with E-state index >= 15 is 0 Å². The summed E-state index contributed by atoms with van der Waals surface area (Å²) in [5.41, 5.74) is 1.27. The summed E-state index contributed by atoms with van der Waals surface area (Å²) in [6, 6.07) is 8.55. The van der Waals surface area contributed by atoms with Gasteiger partial charge in [0.25, 0.3) is 11.9 Å². The maximum absolute atomic E-state index is 12.6. The minimum atomic E-state index is -0.662. The fourth-order valence-corrected chi connectivity index (χ4v) is 3.87. The number of nitrogens with zero attached hydrogens (tertiary/aromatic N) is 2. The Hall–Kier alpha value is -2.92. The lowest BCUT2D eigenvalue weighted by Crippen LogP contribution is -2.34. The van der Waals surface area contributed by atoms with Crippen LogP contribution in [0.15, 0.2) is 30.3 Å². The normalized spacial score (nSPS) is 24.9. The van der Waals surface area contributed by atoms with Gasteiger partial charge < -0.3 is 34.4 Å². The van der Waals surface area contributed by atoms with Gasteiger partial charge in [0.2, 0.25) is 0 Å². The Labute approximate surface area is 181 Å². The Morgan fingerprint density at radius 3 is 2.94 bits per heavy atom. The molecule has 162 valence electrons. The molecule has 2 aliphatic heterocycles. The van der Waals surface area contributed by atoms with Crippen molar-refractivity contribution in [3.8, 4) is 11.8 Å². The number of hydrogen-bond donors (Lipinski definition) is 3. The number of methoxy groups -OCH3 is 1. The van der Waals surface area contributed by atoms with Crippen molar-refractivity contribution in [3.63, 3.8) is 0 Å². The Balaban J connectivity index is 1.34. The molecule has 3 N–H and O–H groups in total. The van der Waals surface area contributed by atoms with E-state index in [0.29, 0.717) is 22.5 Å². The monoisotopic (exact) mass is 446 g/mol. The number of nitrogens with one attached hydrogen (secondary N) is 2. The molecule has 2 fully saturated rings. The predicted octanol–water partition coefficient (Wildman–Crippen LogP) is 1.78. The molecule has 5 rings (SSSR count). The van der Waals surface area contributed by atoms with Crippen LogP contribution in [0.3, 0.4) is 0 Å². The number of aromatic nitrogens is 3. The molecule has 4 heterocycles. The minimum absolute atomic E-state index is 0.173. The molecule has 10 nitrogen and oxygen atoms in total. The van der Waals surface area contributed by atoms with Gasteiger partial charge in [-0.2, -0.15) is 4.98 Å². The topological polar surface area (TPSA) is 128 Å². The number of amides is 1. The van der Waals surface area contributed by atoms with Crippen LogP contribution in [-0.2, 0) is 9.47 Å². The van der Waals surface area contributed by atoms with Crippen LogP contribution in [-0.4, -0.2) is 70.7 Å². The number of H-pyrrole nitrogens is 1. The van der Waals surface area contributed by atoms with Gasteiger partial charge in [-0.15, -0.1) is 0 Å². The van der Waals surface area contributed by atoms with Crippen molar-refractivity contribution in [1.82, 2.24) is 15.0 Å². The molecule has 0 aliphatic carbocycles. The summed E-state index contributed by atoms with van der Waals surface area (Å²) in [5, 5.41) is 12.8. The zero-order chi connectivity index (χ0) is 21.5. The SMILES string of the molecule is COc1cccc(C(=O)Nc2nc3nc(O[C@@H]4CO[C@H]5[C@@H]4OC[C@H]5O)[nH]c3cc2Cl)c1. The van der Waals surface area contributed by atoms with Crippen LogP contribution in [0.4, 0.5) is 5.82 Å². The summed E-state index contributed by atoms with van der Waals surface area (Å²) in [6.07, 6.45) is -1.84.